The molecule has 0 radical (unpaired) electrons. The average molecular weight is 846 g/mol. The molecule has 12 rings (SSSR count). The quantitative estimate of drug-likeness (QED) is 0.113. The maximum atomic E-state index is 10.6. The van der Waals surface area contributed by atoms with Gasteiger partial charge in [0.25, 0.3) is 0 Å². The molecule has 0 saturated heterocycles. The minimum Gasteiger partial charge on any atom is -0.278 e. The molecule has 12 aromatic rings. The van der Waals surface area contributed by atoms with Crippen molar-refractivity contribution in [3.05, 3.63) is 236 Å². The molecule has 0 bridgehead atoms. The van der Waals surface area contributed by atoms with Gasteiger partial charge in [0.1, 0.15) is 0 Å². The van der Waals surface area contributed by atoms with E-state index in [9.17, 15) is 9.60 Å². The highest BCUT2D eigenvalue weighted by Crippen LogP contribution is 2.34. The molecule has 0 spiro atoms. The predicted octanol–water partition coefficient (Wildman–Crippen LogP) is 10.8. The van der Waals surface area contributed by atoms with Crippen LogP contribution in [0.25, 0.3) is 78.0 Å². The van der Waals surface area contributed by atoms with Crippen LogP contribution in [0.4, 0.5) is 0 Å². The van der Waals surface area contributed by atoms with Crippen LogP contribution in [-0.4, -0.2) is 32.2 Å². The predicted molar refractivity (Wildman–Crippen MR) is 263 cm³/mol. The molecule has 5 nitrogen and oxygen atoms in total. The minimum atomic E-state index is -4.24. The van der Waals surface area contributed by atoms with Crippen LogP contribution in [0.15, 0.2) is 236 Å². The Labute approximate surface area is 399 Å². The standard InChI is InChI=1S/C57H39N5Si/c1-4-20-40(21-5-1)41-22-18-28-45(38-41)63(43-24-6-2-7-25-43,44-26-8-3-9-27-44)46-29-19-23-42(39-46)55-58-56(61-51-34-14-10-30-47(51)48-31-11-15-35-52(48)61)60-57(59-55)62-53-36-16-12-32-49(53)50-33-13-17-37-54(50)62/h1-39H/i1D,4D,5D,10D,11D,12D,13D,14D,15D,16D,17D,19D,20D,21D,23D,30D,31D,32D,33D,34D,35D,36D,37D,39D. The molecule has 0 atom stereocenters. The van der Waals surface area contributed by atoms with Crippen molar-refractivity contribution < 1.29 is 32.9 Å². The number of hydrogen-bond donors (Lipinski definition) is 0. The zero-order valence-electron chi connectivity index (χ0n) is 56.4. The Bertz CT molecular complexity index is 4650. The average Bonchev–Trinajstić information content (AvgIpc) is 1.66. The summed E-state index contributed by atoms with van der Waals surface area (Å²) in [4.78, 5) is 14.4. The Morgan fingerprint density at radius 1 is 0.349 bits per heavy atom. The number of benzene rings is 9. The molecule has 0 aliphatic heterocycles. The first kappa shape index (κ1) is 19.7. The maximum absolute atomic E-state index is 10.6. The van der Waals surface area contributed by atoms with Gasteiger partial charge in [-0.25, -0.2) is 0 Å². The molecule has 0 fully saturated rings. The number of nitrogens with zero attached hydrogens (tertiary/aromatic N) is 5. The maximum Gasteiger partial charge on any atom is 0.240 e. The largest absolute Gasteiger partial charge is 0.278 e. The molecule has 3 aromatic heterocycles. The van der Waals surface area contributed by atoms with Gasteiger partial charge < -0.3 is 0 Å². The molecule has 296 valence electrons. The lowest BCUT2D eigenvalue weighted by Crippen LogP contribution is -2.74. The van der Waals surface area contributed by atoms with Crippen LogP contribution in [-0.2, 0) is 0 Å². The molecular formula is C57H39N5Si. The second kappa shape index (κ2) is 15.1. The fourth-order valence-corrected chi connectivity index (χ4v) is 12.9. The normalized spacial score (nSPS) is 17.1. The Morgan fingerprint density at radius 2 is 0.794 bits per heavy atom. The number of fused-ring (bicyclic) bond motifs is 6. The fraction of sp³-hybridized carbons (Fsp3) is 0. The minimum absolute atomic E-state index is 0.0813. The second-order valence-electron chi connectivity index (χ2n) is 14.2. The van der Waals surface area contributed by atoms with Crippen molar-refractivity contribution in [2.45, 2.75) is 0 Å². The highest BCUT2D eigenvalue weighted by molar-refractivity contribution is 7.20. The smallest absolute Gasteiger partial charge is 0.240 e. The van der Waals surface area contributed by atoms with E-state index in [-0.39, 0.29) is 16.3 Å². The van der Waals surface area contributed by atoms with Crippen LogP contribution in [0.1, 0.15) is 32.9 Å². The molecule has 0 saturated carbocycles. The molecule has 3 heterocycles. The van der Waals surface area contributed by atoms with E-state index in [0.717, 1.165) is 9.13 Å². The van der Waals surface area contributed by atoms with Crippen molar-refractivity contribution in [2.75, 3.05) is 0 Å². The number of hydrogen-bond acceptors (Lipinski definition) is 3. The number of rotatable bonds is 8. The SMILES string of the molecule is [2H]c1cc([Si](c2ccccc2)(c2ccccc2)c2cccc(-c3c([2H])c([2H])c([2H])c([2H])c3[2H])c2)c([2H])c(-c2nc(-n3c4c([2H])c([2H])c([2H])c([2H])c4c4c([2H])c([2H])c([2H])c([2H])c43)nc(-n3c4c([2H])c([2H])c([2H])c([2H])c4c4c([2H])c([2H])c([2H])c([2H])c43)n2)c1[2H]. The molecule has 9 aromatic carbocycles. The molecule has 0 N–H and O–H groups in total. The molecule has 0 aliphatic rings. The zero-order chi connectivity index (χ0) is 62.6. The summed E-state index contributed by atoms with van der Waals surface area (Å²) in [5.74, 6) is -2.23. The molecule has 0 aliphatic carbocycles. The van der Waals surface area contributed by atoms with Crippen LogP contribution >= 0.6 is 0 Å². The summed E-state index contributed by atoms with van der Waals surface area (Å²) < 4.78 is 220. The molecule has 0 unspecified atom stereocenters. The van der Waals surface area contributed by atoms with E-state index in [0.29, 0.717) is 15.6 Å². The number of para-hydroxylation sites is 4. The van der Waals surface area contributed by atoms with Crippen molar-refractivity contribution >= 4 is 72.4 Å². The summed E-state index contributed by atoms with van der Waals surface area (Å²) in [5, 5.41) is -0.00464. The van der Waals surface area contributed by atoms with Crippen molar-refractivity contribution in [1.29, 1.82) is 0 Å². The van der Waals surface area contributed by atoms with Crippen LogP contribution in [0.5, 0.6) is 0 Å². The van der Waals surface area contributed by atoms with Gasteiger partial charge in [0.05, 0.1) is 55.0 Å². The zero-order valence-corrected chi connectivity index (χ0v) is 33.4. The third-order valence-corrected chi connectivity index (χ3v) is 15.5. The Kier molecular flexibility index (Phi) is 4.70. The van der Waals surface area contributed by atoms with Gasteiger partial charge in [-0.3, -0.25) is 9.13 Å². The summed E-state index contributed by atoms with van der Waals surface area (Å²) in [6, 6.07) is 8.43. The highest BCUT2D eigenvalue weighted by Gasteiger charge is 2.42. The van der Waals surface area contributed by atoms with Gasteiger partial charge in [-0.2, -0.15) is 15.0 Å². The fourth-order valence-electron chi connectivity index (χ4n) is 8.25. The molecule has 6 heteroatoms. The van der Waals surface area contributed by atoms with Crippen molar-refractivity contribution in [3.63, 3.8) is 0 Å². The van der Waals surface area contributed by atoms with E-state index >= 15 is 0 Å². The lowest BCUT2D eigenvalue weighted by atomic mass is 10.1. The Balaban J connectivity index is 1.30. The van der Waals surface area contributed by atoms with Crippen molar-refractivity contribution in [3.8, 4) is 34.4 Å². The first-order valence-electron chi connectivity index (χ1n) is 31.4. The third kappa shape index (κ3) is 5.95. The lowest BCUT2D eigenvalue weighted by Gasteiger charge is -2.35. The van der Waals surface area contributed by atoms with Crippen molar-refractivity contribution in [2.24, 2.45) is 0 Å². The molecular weight excluding hydrogens is 783 g/mol. The lowest BCUT2D eigenvalue weighted by molar-refractivity contribution is 0.893. The Hall–Kier alpha value is -8.19. The second-order valence-corrected chi connectivity index (χ2v) is 18.0. The van der Waals surface area contributed by atoms with Crippen LogP contribution in [0.2, 0.25) is 0 Å². The van der Waals surface area contributed by atoms with E-state index < -0.39 is 220 Å². The summed E-state index contributed by atoms with van der Waals surface area (Å²) in [5.41, 5.74) is -2.52. The topological polar surface area (TPSA) is 48.5 Å². The summed E-state index contributed by atoms with van der Waals surface area (Å²) in [7, 11) is -4.24. The van der Waals surface area contributed by atoms with Crippen LogP contribution in [0, 0.1) is 0 Å². The molecule has 63 heavy (non-hydrogen) atoms. The third-order valence-electron chi connectivity index (χ3n) is 10.9. The monoisotopic (exact) mass is 845 g/mol. The van der Waals surface area contributed by atoms with Gasteiger partial charge in [0, 0.05) is 27.1 Å². The molecule has 0 amide bonds. The van der Waals surface area contributed by atoms with Gasteiger partial charge in [-0.05, 0) is 56.0 Å². The number of aromatic nitrogens is 5. The van der Waals surface area contributed by atoms with E-state index in [1.54, 1.807) is 84.9 Å². The summed E-state index contributed by atoms with van der Waals surface area (Å²) >= 11 is 0. The summed E-state index contributed by atoms with van der Waals surface area (Å²) in [6.45, 7) is 0. The Morgan fingerprint density at radius 3 is 1.30 bits per heavy atom. The summed E-state index contributed by atoms with van der Waals surface area (Å²) in [6.07, 6.45) is 0. The van der Waals surface area contributed by atoms with Gasteiger partial charge >= 0.3 is 0 Å². The van der Waals surface area contributed by atoms with Gasteiger partial charge in [0.2, 0.25) is 11.9 Å². The van der Waals surface area contributed by atoms with Crippen LogP contribution < -0.4 is 20.7 Å². The van der Waals surface area contributed by atoms with Gasteiger partial charge in [0.15, 0.2) is 13.9 Å². The first-order valence-corrected chi connectivity index (χ1v) is 21.4. The van der Waals surface area contributed by atoms with Gasteiger partial charge in [-0.15, -0.1) is 0 Å². The van der Waals surface area contributed by atoms with E-state index in [2.05, 4.69) is 0 Å². The van der Waals surface area contributed by atoms with E-state index in [1.807, 2.05) is 0 Å². The van der Waals surface area contributed by atoms with E-state index in [1.165, 1.54) is 6.07 Å². The van der Waals surface area contributed by atoms with Gasteiger partial charge in [-0.1, -0.05) is 212 Å². The van der Waals surface area contributed by atoms with E-state index in [4.69, 9.17) is 38.3 Å². The highest BCUT2D eigenvalue weighted by atomic mass is 28.3. The van der Waals surface area contributed by atoms with Crippen molar-refractivity contribution in [1.82, 2.24) is 24.1 Å². The van der Waals surface area contributed by atoms with Crippen LogP contribution in [0.3, 0.4) is 0 Å². The first-order chi connectivity index (χ1) is 41.2.